The molecule has 0 aromatic heterocycles. The number of halogens is 2. The van der Waals surface area contributed by atoms with Crippen LogP contribution in [0, 0.1) is 0 Å². The third-order valence-corrected chi connectivity index (χ3v) is 3.43. The summed E-state index contributed by atoms with van der Waals surface area (Å²) in [6, 6.07) is 10.7. The number of benzene rings is 2. The van der Waals surface area contributed by atoms with E-state index in [1.54, 1.807) is 24.3 Å². The van der Waals surface area contributed by atoms with Gasteiger partial charge >= 0.3 is 0 Å². The molecule has 2 aromatic rings. The lowest BCUT2D eigenvalue weighted by molar-refractivity contribution is 0.101. The Morgan fingerprint density at radius 1 is 1.11 bits per heavy atom. The van der Waals surface area contributed by atoms with Crippen molar-refractivity contribution in [2.75, 3.05) is 7.11 Å². The van der Waals surface area contributed by atoms with E-state index < -0.39 is 0 Å². The van der Waals surface area contributed by atoms with E-state index in [1.807, 2.05) is 12.1 Å². The van der Waals surface area contributed by atoms with Crippen molar-refractivity contribution in [3.63, 3.8) is 0 Å². The first kappa shape index (κ1) is 13.9. The number of carbonyl (C=O) groups excluding carboxylic acids is 1. The Balaban J connectivity index is 2.56. The maximum atomic E-state index is 11.4. The lowest BCUT2D eigenvalue weighted by Crippen LogP contribution is -1.92. The fourth-order valence-electron chi connectivity index (χ4n) is 1.81. The van der Waals surface area contributed by atoms with E-state index in [0.717, 1.165) is 11.1 Å². The first-order valence-corrected chi connectivity index (χ1v) is 6.43. The number of Topliss-reactive ketones (excluding diaryl/α,β-unsaturated/α-hetero) is 1. The Morgan fingerprint density at radius 3 is 2.47 bits per heavy atom. The van der Waals surface area contributed by atoms with Crippen molar-refractivity contribution in [2.24, 2.45) is 0 Å². The maximum Gasteiger partial charge on any atom is 0.159 e. The van der Waals surface area contributed by atoms with Crippen molar-refractivity contribution in [1.29, 1.82) is 0 Å². The van der Waals surface area contributed by atoms with Gasteiger partial charge in [-0.05, 0) is 24.6 Å². The van der Waals surface area contributed by atoms with Crippen molar-refractivity contribution in [1.82, 2.24) is 0 Å². The second kappa shape index (κ2) is 5.64. The van der Waals surface area contributed by atoms with Crippen LogP contribution >= 0.6 is 23.2 Å². The average molecular weight is 295 g/mol. The van der Waals surface area contributed by atoms with Crippen molar-refractivity contribution < 1.29 is 9.53 Å². The average Bonchev–Trinajstić information content (AvgIpc) is 2.41. The summed E-state index contributed by atoms with van der Waals surface area (Å²) in [5, 5.41) is 1.01. The second-order valence-electron chi connectivity index (χ2n) is 4.10. The van der Waals surface area contributed by atoms with E-state index in [9.17, 15) is 4.79 Å². The number of hydrogen-bond acceptors (Lipinski definition) is 2. The predicted octanol–water partition coefficient (Wildman–Crippen LogP) is 4.87. The monoisotopic (exact) mass is 294 g/mol. The molecule has 19 heavy (non-hydrogen) atoms. The largest absolute Gasteiger partial charge is 0.495 e. The molecule has 0 bridgehead atoms. The van der Waals surface area contributed by atoms with Crippen LogP contribution in [0.15, 0.2) is 36.4 Å². The van der Waals surface area contributed by atoms with Gasteiger partial charge in [-0.1, -0.05) is 41.4 Å². The smallest absolute Gasteiger partial charge is 0.159 e. The summed E-state index contributed by atoms with van der Waals surface area (Å²) in [5.74, 6) is 0.538. The Morgan fingerprint density at radius 2 is 1.84 bits per heavy atom. The summed E-state index contributed by atoms with van der Waals surface area (Å²) >= 11 is 12.3. The normalized spacial score (nSPS) is 10.3. The van der Waals surface area contributed by atoms with Gasteiger partial charge < -0.3 is 4.74 Å². The minimum Gasteiger partial charge on any atom is -0.495 e. The van der Waals surface area contributed by atoms with Gasteiger partial charge in [0.15, 0.2) is 5.78 Å². The van der Waals surface area contributed by atoms with Gasteiger partial charge in [0.2, 0.25) is 0 Å². The number of carbonyl (C=O) groups is 1. The van der Waals surface area contributed by atoms with E-state index >= 15 is 0 Å². The van der Waals surface area contributed by atoms with Crippen molar-refractivity contribution in [3.8, 4) is 16.9 Å². The molecule has 2 aromatic carbocycles. The molecular formula is C15H12Cl2O2. The third kappa shape index (κ3) is 2.91. The standard InChI is InChI=1S/C15H12Cl2O2/c1-9(18)10-4-3-5-11(6-10)12-7-14(17)15(19-2)8-13(12)16/h3-8H,1-2H3. The van der Waals surface area contributed by atoms with Crippen LogP contribution in [0.5, 0.6) is 5.75 Å². The van der Waals surface area contributed by atoms with Crippen molar-refractivity contribution in [2.45, 2.75) is 6.92 Å². The summed E-state index contributed by atoms with van der Waals surface area (Å²) in [7, 11) is 1.54. The van der Waals surface area contributed by atoms with Crippen LogP contribution in [0.2, 0.25) is 10.0 Å². The summed E-state index contributed by atoms with van der Waals surface area (Å²) < 4.78 is 5.11. The molecule has 2 rings (SSSR count). The van der Waals surface area contributed by atoms with Crippen LogP contribution in [0.4, 0.5) is 0 Å². The van der Waals surface area contributed by atoms with Gasteiger partial charge in [0.1, 0.15) is 5.75 Å². The lowest BCUT2D eigenvalue weighted by atomic mass is 10.0. The highest BCUT2D eigenvalue weighted by molar-refractivity contribution is 6.36. The zero-order valence-electron chi connectivity index (χ0n) is 10.5. The van der Waals surface area contributed by atoms with E-state index in [1.165, 1.54) is 14.0 Å². The zero-order valence-corrected chi connectivity index (χ0v) is 12.0. The van der Waals surface area contributed by atoms with Crippen LogP contribution in [0.3, 0.4) is 0 Å². The molecule has 0 N–H and O–H groups in total. The Bertz CT molecular complexity index is 636. The van der Waals surface area contributed by atoms with Gasteiger partial charge in [-0.15, -0.1) is 0 Å². The van der Waals surface area contributed by atoms with Gasteiger partial charge in [0, 0.05) is 17.2 Å². The first-order chi connectivity index (χ1) is 9.02. The lowest BCUT2D eigenvalue weighted by Gasteiger charge is -2.10. The number of methoxy groups -OCH3 is 1. The highest BCUT2D eigenvalue weighted by Crippen LogP contribution is 2.36. The molecule has 0 aliphatic heterocycles. The minimum atomic E-state index is 0.0116. The molecule has 0 aliphatic rings. The van der Waals surface area contributed by atoms with Gasteiger partial charge in [-0.3, -0.25) is 4.79 Å². The molecule has 0 heterocycles. The molecule has 2 nitrogen and oxygen atoms in total. The number of ketones is 1. The molecule has 98 valence electrons. The molecule has 0 saturated heterocycles. The van der Waals surface area contributed by atoms with Gasteiger partial charge in [-0.2, -0.15) is 0 Å². The maximum absolute atomic E-state index is 11.4. The van der Waals surface area contributed by atoms with Gasteiger partial charge in [0.25, 0.3) is 0 Å². The molecule has 0 spiro atoms. The Labute approximate surface area is 121 Å². The molecule has 0 aliphatic carbocycles. The molecular weight excluding hydrogens is 283 g/mol. The summed E-state index contributed by atoms with van der Waals surface area (Å²) in [5.41, 5.74) is 2.26. The molecule has 4 heteroatoms. The summed E-state index contributed by atoms with van der Waals surface area (Å²) in [6.07, 6.45) is 0. The number of hydrogen-bond donors (Lipinski definition) is 0. The predicted molar refractivity (Wildman–Crippen MR) is 78.5 cm³/mol. The highest BCUT2D eigenvalue weighted by Gasteiger charge is 2.10. The fourth-order valence-corrected chi connectivity index (χ4v) is 2.32. The van der Waals surface area contributed by atoms with Crippen LogP contribution in [-0.2, 0) is 0 Å². The van der Waals surface area contributed by atoms with E-state index in [4.69, 9.17) is 27.9 Å². The SMILES string of the molecule is COc1cc(Cl)c(-c2cccc(C(C)=O)c2)cc1Cl. The van der Waals surface area contributed by atoms with Crippen molar-refractivity contribution in [3.05, 3.63) is 52.0 Å². The number of ether oxygens (including phenoxy) is 1. The number of rotatable bonds is 3. The molecule has 0 saturated carbocycles. The molecule has 0 unspecified atom stereocenters. The molecule has 0 amide bonds. The minimum absolute atomic E-state index is 0.0116. The van der Waals surface area contributed by atoms with Crippen LogP contribution in [0.1, 0.15) is 17.3 Å². The first-order valence-electron chi connectivity index (χ1n) is 5.67. The third-order valence-electron chi connectivity index (χ3n) is 2.82. The van der Waals surface area contributed by atoms with Gasteiger partial charge in [0.05, 0.1) is 17.2 Å². The molecule has 0 fully saturated rings. The van der Waals surface area contributed by atoms with Crippen LogP contribution in [-0.4, -0.2) is 12.9 Å². The van der Waals surface area contributed by atoms with Crippen molar-refractivity contribution >= 4 is 29.0 Å². The zero-order chi connectivity index (χ0) is 14.0. The topological polar surface area (TPSA) is 26.3 Å². The quantitative estimate of drug-likeness (QED) is 0.755. The van der Waals surface area contributed by atoms with E-state index in [-0.39, 0.29) is 5.78 Å². The highest BCUT2D eigenvalue weighted by atomic mass is 35.5. The Hall–Kier alpha value is -1.51. The summed E-state index contributed by atoms with van der Waals surface area (Å²) in [6.45, 7) is 1.53. The van der Waals surface area contributed by atoms with E-state index in [2.05, 4.69) is 0 Å². The van der Waals surface area contributed by atoms with E-state index in [0.29, 0.717) is 21.4 Å². The van der Waals surface area contributed by atoms with Crippen LogP contribution in [0.25, 0.3) is 11.1 Å². The molecule has 0 atom stereocenters. The Kier molecular flexibility index (Phi) is 4.13. The summed E-state index contributed by atoms with van der Waals surface area (Å²) in [4.78, 5) is 11.4. The van der Waals surface area contributed by atoms with Crippen LogP contribution < -0.4 is 4.74 Å². The second-order valence-corrected chi connectivity index (χ2v) is 4.92. The fraction of sp³-hybridized carbons (Fsp3) is 0.133. The molecule has 0 radical (unpaired) electrons. The van der Waals surface area contributed by atoms with Gasteiger partial charge in [-0.25, -0.2) is 0 Å².